The van der Waals surface area contributed by atoms with E-state index in [1.807, 2.05) is 24.3 Å². The van der Waals surface area contributed by atoms with Gasteiger partial charge in [-0.2, -0.15) is 0 Å². The summed E-state index contributed by atoms with van der Waals surface area (Å²) in [5.41, 5.74) is -0.0636. The van der Waals surface area contributed by atoms with Gasteiger partial charge in [0.25, 0.3) is 5.91 Å². The first-order valence-electron chi connectivity index (χ1n) is 7.35. The molecule has 0 bridgehead atoms. The van der Waals surface area contributed by atoms with E-state index in [1.165, 1.54) is 14.2 Å². The highest BCUT2D eigenvalue weighted by molar-refractivity contribution is 9.10. The van der Waals surface area contributed by atoms with Crippen LogP contribution in [0.3, 0.4) is 0 Å². The third-order valence-corrected chi connectivity index (χ3v) is 4.20. The third-order valence-electron chi connectivity index (χ3n) is 3.67. The second-order valence-corrected chi connectivity index (χ2v) is 6.48. The number of halogens is 1. The SMILES string of the molecule is COc1cc(OC)cc(C(=O)NCC(C)(O)c2ccc(Br)cc2)c1. The predicted octanol–water partition coefficient (Wildman–Crippen LogP) is 3.10. The Morgan fingerprint density at radius 2 is 1.67 bits per heavy atom. The largest absolute Gasteiger partial charge is 0.497 e. The highest BCUT2D eigenvalue weighted by Gasteiger charge is 2.24. The van der Waals surface area contributed by atoms with E-state index >= 15 is 0 Å². The molecule has 24 heavy (non-hydrogen) atoms. The summed E-state index contributed by atoms with van der Waals surface area (Å²) in [4.78, 5) is 12.4. The predicted molar refractivity (Wildman–Crippen MR) is 95.6 cm³/mol. The summed E-state index contributed by atoms with van der Waals surface area (Å²) in [6.07, 6.45) is 0. The smallest absolute Gasteiger partial charge is 0.251 e. The third kappa shape index (κ3) is 4.49. The van der Waals surface area contributed by atoms with Gasteiger partial charge in [0.2, 0.25) is 0 Å². The van der Waals surface area contributed by atoms with Gasteiger partial charge in [0, 0.05) is 16.1 Å². The standard InChI is InChI=1S/C18H20BrNO4/c1-18(22,13-4-6-14(19)7-5-13)11-20-17(21)12-8-15(23-2)10-16(9-12)24-3/h4-10,22H,11H2,1-3H3,(H,20,21). The van der Waals surface area contributed by atoms with E-state index in [0.29, 0.717) is 22.6 Å². The van der Waals surface area contributed by atoms with Crippen molar-refractivity contribution in [2.45, 2.75) is 12.5 Å². The number of ether oxygens (including phenoxy) is 2. The van der Waals surface area contributed by atoms with Crippen LogP contribution < -0.4 is 14.8 Å². The number of carbonyl (C=O) groups is 1. The van der Waals surface area contributed by atoms with Crippen molar-refractivity contribution >= 4 is 21.8 Å². The van der Waals surface area contributed by atoms with Crippen molar-refractivity contribution < 1.29 is 19.4 Å². The molecule has 2 aromatic rings. The van der Waals surface area contributed by atoms with Crippen molar-refractivity contribution in [1.29, 1.82) is 0 Å². The fourth-order valence-electron chi connectivity index (χ4n) is 2.20. The molecule has 0 saturated heterocycles. The number of methoxy groups -OCH3 is 2. The monoisotopic (exact) mass is 393 g/mol. The Kier molecular flexibility index (Phi) is 5.85. The molecule has 6 heteroatoms. The number of carbonyl (C=O) groups excluding carboxylic acids is 1. The summed E-state index contributed by atoms with van der Waals surface area (Å²) >= 11 is 3.36. The number of hydrogen-bond acceptors (Lipinski definition) is 4. The average molecular weight is 394 g/mol. The van der Waals surface area contributed by atoms with Gasteiger partial charge < -0.3 is 19.9 Å². The molecule has 2 aromatic carbocycles. The molecule has 1 atom stereocenters. The molecule has 0 spiro atoms. The Morgan fingerprint density at radius 3 is 2.17 bits per heavy atom. The van der Waals surface area contributed by atoms with Gasteiger partial charge in [-0.3, -0.25) is 4.79 Å². The Hall–Kier alpha value is -2.05. The van der Waals surface area contributed by atoms with Crippen LogP contribution >= 0.6 is 15.9 Å². The highest BCUT2D eigenvalue weighted by Crippen LogP contribution is 2.24. The number of aliphatic hydroxyl groups is 1. The average Bonchev–Trinajstić information content (AvgIpc) is 2.59. The Balaban J connectivity index is 2.11. The first kappa shape index (κ1) is 18.3. The molecule has 0 radical (unpaired) electrons. The van der Waals surface area contributed by atoms with Crippen molar-refractivity contribution in [3.8, 4) is 11.5 Å². The molecule has 0 aliphatic heterocycles. The lowest BCUT2D eigenvalue weighted by atomic mass is 9.96. The molecule has 2 rings (SSSR count). The Morgan fingerprint density at radius 1 is 1.12 bits per heavy atom. The van der Waals surface area contributed by atoms with Crippen molar-refractivity contribution in [2.75, 3.05) is 20.8 Å². The summed E-state index contributed by atoms with van der Waals surface area (Å²) in [6.45, 7) is 1.73. The van der Waals surface area contributed by atoms with E-state index in [0.717, 1.165) is 4.47 Å². The molecular formula is C18H20BrNO4. The second kappa shape index (κ2) is 7.68. The van der Waals surface area contributed by atoms with Gasteiger partial charge in [0.1, 0.15) is 17.1 Å². The maximum Gasteiger partial charge on any atom is 0.251 e. The van der Waals surface area contributed by atoms with Gasteiger partial charge >= 0.3 is 0 Å². The molecule has 0 heterocycles. The van der Waals surface area contributed by atoms with E-state index in [4.69, 9.17) is 9.47 Å². The lowest BCUT2D eigenvalue weighted by molar-refractivity contribution is 0.0526. The minimum atomic E-state index is -1.18. The van der Waals surface area contributed by atoms with Gasteiger partial charge in [-0.1, -0.05) is 28.1 Å². The number of benzene rings is 2. The van der Waals surface area contributed by atoms with Crippen molar-refractivity contribution in [1.82, 2.24) is 5.32 Å². The van der Waals surface area contributed by atoms with Crippen LogP contribution in [-0.2, 0) is 5.60 Å². The Bertz CT molecular complexity index is 691. The van der Waals surface area contributed by atoms with E-state index in [2.05, 4.69) is 21.2 Å². The molecule has 1 unspecified atom stereocenters. The van der Waals surface area contributed by atoms with Gasteiger partial charge in [-0.25, -0.2) is 0 Å². The van der Waals surface area contributed by atoms with Gasteiger partial charge in [0.05, 0.1) is 20.8 Å². The molecule has 128 valence electrons. The summed E-state index contributed by atoms with van der Waals surface area (Å²) in [5, 5.41) is 13.3. The fourth-order valence-corrected chi connectivity index (χ4v) is 2.47. The number of nitrogens with one attached hydrogen (secondary N) is 1. The summed E-state index contributed by atoms with van der Waals surface area (Å²) < 4.78 is 11.2. The molecule has 0 fully saturated rings. The van der Waals surface area contributed by atoms with Crippen LogP contribution in [0.1, 0.15) is 22.8 Å². The maximum atomic E-state index is 12.4. The quantitative estimate of drug-likeness (QED) is 0.790. The van der Waals surface area contributed by atoms with E-state index in [-0.39, 0.29) is 12.5 Å². The zero-order chi connectivity index (χ0) is 17.7. The van der Waals surface area contributed by atoms with Gasteiger partial charge in [-0.05, 0) is 36.8 Å². The summed E-state index contributed by atoms with van der Waals surface area (Å²) in [7, 11) is 3.05. The second-order valence-electron chi connectivity index (χ2n) is 5.56. The van der Waals surface area contributed by atoms with Crippen LogP contribution in [0, 0.1) is 0 Å². The van der Waals surface area contributed by atoms with E-state index < -0.39 is 5.60 Å². The highest BCUT2D eigenvalue weighted by atomic mass is 79.9. The zero-order valence-electron chi connectivity index (χ0n) is 13.8. The summed E-state index contributed by atoms with van der Waals surface area (Å²) in [5.74, 6) is 0.739. The van der Waals surface area contributed by atoms with Crippen LogP contribution in [0.25, 0.3) is 0 Å². The lowest BCUT2D eigenvalue weighted by Gasteiger charge is -2.24. The molecule has 0 aromatic heterocycles. The topological polar surface area (TPSA) is 67.8 Å². The van der Waals surface area contributed by atoms with Gasteiger partial charge in [-0.15, -0.1) is 0 Å². The minimum absolute atomic E-state index is 0.0764. The number of hydrogen-bond donors (Lipinski definition) is 2. The normalized spacial score (nSPS) is 13.0. The molecular weight excluding hydrogens is 374 g/mol. The van der Waals surface area contributed by atoms with Crippen LogP contribution in [0.4, 0.5) is 0 Å². The summed E-state index contributed by atoms with van der Waals surface area (Å²) in [6, 6.07) is 12.2. The Labute approximate surface area is 149 Å². The molecule has 1 amide bonds. The van der Waals surface area contributed by atoms with Crippen LogP contribution in [0.2, 0.25) is 0 Å². The minimum Gasteiger partial charge on any atom is -0.497 e. The molecule has 5 nitrogen and oxygen atoms in total. The fraction of sp³-hybridized carbons (Fsp3) is 0.278. The first-order valence-corrected chi connectivity index (χ1v) is 8.14. The van der Waals surface area contributed by atoms with Crippen LogP contribution in [0.5, 0.6) is 11.5 Å². The number of amides is 1. The van der Waals surface area contributed by atoms with Crippen molar-refractivity contribution in [3.63, 3.8) is 0 Å². The van der Waals surface area contributed by atoms with E-state index in [1.54, 1.807) is 25.1 Å². The van der Waals surface area contributed by atoms with Crippen molar-refractivity contribution in [2.24, 2.45) is 0 Å². The maximum absolute atomic E-state index is 12.4. The molecule has 0 saturated carbocycles. The molecule has 0 aliphatic rings. The number of rotatable bonds is 6. The van der Waals surface area contributed by atoms with Crippen LogP contribution in [0.15, 0.2) is 46.9 Å². The van der Waals surface area contributed by atoms with Crippen molar-refractivity contribution in [3.05, 3.63) is 58.1 Å². The molecule has 2 N–H and O–H groups in total. The van der Waals surface area contributed by atoms with Crippen LogP contribution in [-0.4, -0.2) is 31.8 Å². The molecule has 0 aliphatic carbocycles. The zero-order valence-corrected chi connectivity index (χ0v) is 15.4. The van der Waals surface area contributed by atoms with E-state index in [9.17, 15) is 9.90 Å². The lowest BCUT2D eigenvalue weighted by Crippen LogP contribution is -2.38. The first-order chi connectivity index (χ1) is 11.4. The van der Waals surface area contributed by atoms with Gasteiger partial charge in [0.15, 0.2) is 0 Å².